The molecule has 3 N–H and O–H groups in total. The number of anilines is 2. The van der Waals surface area contributed by atoms with E-state index in [9.17, 15) is 14.0 Å². The molecular weight excluding hydrogens is 333 g/mol. The first-order valence-corrected chi connectivity index (χ1v) is 8.88. The molecule has 0 radical (unpaired) electrons. The normalized spacial score (nSPS) is 19.1. The molecule has 1 aliphatic carbocycles. The van der Waals surface area contributed by atoms with Crippen LogP contribution in [0, 0.1) is 5.82 Å². The zero-order valence-corrected chi connectivity index (χ0v) is 14.2. The Balaban J connectivity index is 1.41. The van der Waals surface area contributed by atoms with Gasteiger partial charge in [-0.15, -0.1) is 0 Å². The lowest BCUT2D eigenvalue weighted by Crippen LogP contribution is -2.36. The van der Waals surface area contributed by atoms with E-state index in [4.69, 9.17) is 0 Å². The highest BCUT2D eigenvalue weighted by atomic mass is 19.1. The topological polar surface area (TPSA) is 70.2 Å². The summed E-state index contributed by atoms with van der Waals surface area (Å²) in [7, 11) is 0. The fourth-order valence-electron chi connectivity index (χ4n) is 3.77. The predicted octanol–water partition coefficient (Wildman–Crippen LogP) is 4.30. The van der Waals surface area contributed by atoms with Gasteiger partial charge in [0.1, 0.15) is 11.9 Å². The first kappa shape index (κ1) is 16.6. The second kappa shape index (κ2) is 6.78. The SMILES string of the molecule is O=C(Nc1ccc(C2CCCC2)cc1)NC1C(=O)Nc2ccc(F)cc21. The Labute approximate surface area is 151 Å². The third-order valence-corrected chi connectivity index (χ3v) is 5.12. The van der Waals surface area contributed by atoms with Crippen molar-refractivity contribution in [2.75, 3.05) is 10.6 Å². The standard InChI is InChI=1S/C20H20FN3O2/c21-14-7-10-17-16(11-14)18(19(25)23-17)24-20(26)22-15-8-5-13(6-9-15)12-3-1-2-4-12/h5-12,18H,1-4H2,(H,23,25)(H2,22,24,26). The molecule has 6 heteroatoms. The zero-order chi connectivity index (χ0) is 18.1. The van der Waals surface area contributed by atoms with Gasteiger partial charge in [0.15, 0.2) is 0 Å². The maximum Gasteiger partial charge on any atom is 0.320 e. The first-order chi connectivity index (χ1) is 12.6. The molecule has 1 atom stereocenters. The van der Waals surface area contributed by atoms with Crippen LogP contribution in [0.5, 0.6) is 0 Å². The fraction of sp³-hybridized carbons (Fsp3) is 0.300. The Morgan fingerprint density at radius 1 is 1.08 bits per heavy atom. The van der Waals surface area contributed by atoms with Gasteiger partial charge in [-0.25, -0.2) is 9.18 Å². The Hall–Kier alpha value is -2.89. The smallest absolute Gasteiger partial charge is 0.320 e. The molecule has 1 heterocycles. The Kier molecular flexibility index (Phi) is 4.32. The second-order valence-electron chi connectivity index (χ2n) is 6.86. The van der Waals surface area contributed by atoms with Crippen LogP contribution < -0.4 is 16.0 Å². The van der Waals surface area contributed by atoms with Crippen molar-refractivity contribution in [3.63, 3.8) is 0 Å². The summed E-state index contributed by atoms with van der Waals surface area (Å²) in [6.07, 6.45) is 5.00. The van der Waals surface area contributed by atoms with Gasteiger partial charge in [0.25, 0.3) is 5.91 Å². The van der Waals surface area contributed by atoms with E-state index < -0.39 is 17.9 Å². The Morgan fingerprint density at radius 2 is 1.81 bits per heavy atom. The van der Waals surface area contributed by atoms with Crippen LogP contribution in [0.2, 0.25) is 0 Å². The minimum absolute atomic E-state index is 0.377. The van der Waals surface area contributed by atoms with Gasteiger partial charge >= 0.3 is 6.03 Å². The van der Waals surface area contributed by atoms with Crippen molar-refractivity contribution in [2.45, 2.75) is 37.6 Å². The highest BCUT2D eigenvalue weighted by molar-refractivity contribution is 6.05. The van der Waals surface area contributed by atoms with Crippen LogP contribution in [0.25, 0.3) is 0 Å². The van der Waals surface area contributed by atoms with E-state index >= 15 is 0 Å². The average molecular weight is 353 g/mol. The molecule has 4 rings (SSSR count). The van der Waals surface area contributed by atoms with Gasteiger partial charge in [-0.2, -0.15) is 0 Å². The summed E-state index contributed by atoms with van der Waals surface area (Å²) in [5.41, 5.74) is 2.90. The van der Waals surface area contributed by atoms with Crippen molar-refractivity contribution in [2.24, 2.45) is 0 Å². The number of benzene rings is 2. The van der Waals surface area contributed by atoms with E-state index in [-0.39, 0.29) is 5.91 Å². The van der Waals surface area contributed by atoms with E-state index in [0.29, 0.717) is 22.9 Å². The third-order valence-electron chi connectivity index (χ3n) is 5.12. The van der Waals surface area contributed by atoms with Crippen molar-refractivity contribution in [1.82, 2.24) is 5.32 Å². The van der Waals surface area contributed by atoms with Crippen LogP contribution in [0.1, 0.15) is 48.8 Å². The number of carbonyl (C=O) groups is 2. The summed E-state index contributed by atoms with van der Waals surface area (Å²) in [4.78, 5) is 24.3. The van der Waals surface area contributed by atoms with Gasteiger partial charge in [-0.05, 0) is 54.7 Å². The van der Waals surface area contributed by atoms with Crippen molar-refractivity contribution >= 4 is 23.3 Å². The number of fused-ring (bicyclic) bond motifs is 1. The molecule has 0 aromatic heterocycles. The molecule has 0 bridgehead atoms. The van der Waals surface area contributed by atoms with Crippen molar-refractivity contribution in [3.05, 3.63) is 59.4 Å². The van der Waals surface area contributed by atoms with Crippen molar-refractivity contribution in [3.8, 4) is 0 Å². The lowest BCUT2D eigenvalue weighted by atomic mass is 9.98. The second-order valence-corrected chi connectivity index (χ2v) is 6.86. The quantitative estimate of drug-likeness (QED) is 0.770. The summed E-state index contributed by atoms with van der Waals surface area (Å²) >= 11 is 0. The van der Waals surface area contributed by atoms with Gasteiger partial charge in [-0.3, -0.25) is 4.79 Å². The number of urea groups is 1. The number of hydrogen-bond acceptors (Lipinski definition) is 2. The van der Waals surface area contributed by atoms with Gasteiger partial charge in [0.05, 0.1) is 0 Å². The van der Waals surface area contributed by atoms with Gasteiger partial charge in [-0.1, -0.05) is 25.0 Å². The maximum absolute atomic E-state index is 13.4. The van der Waals surface area contributed by atoms with Crippen LogP contribution >= 0.6 is 0 Å². The molecule has 0 spiro atoms. The molecule has 2 aromatic rings. The average Bonchev–Trinajstić information content (AvgIpc) is 3.25. The summed E-state index contributed by atoms with van der Waals surface area (Å²) in [5, 5.41) is 7.96. The summed E-state index contributed by atoms with van der Waals surface area (Å²) in [6.45, 7) is 0. The summed E-state index contributed by atoms with van der Waals surface area (Å²) in [6, 6.07) is 10.4. The zero-order valence-electron chi connectivity index (χ0n) is 14.2. The molecule has 2 aromatic carbocycles. The maximum atomic E-state index is 13.4. The molecule has 1 saturated carbocycles. The van der Waals surface area contributed by atoms with E-state index in [0.717, 1.165) is 0 Å². The Morgan fingerprint density at radius 3 is 2.54 bits per heavy atom. The van der Waals surface area contributed by atoms with Crippen LogP contribution in [0.3, 0.4) is 0 Å². The molecule has 134 valence electrons. The summed E-state index contributed by atoms with van der Waals surface area (Å²) in [5.74, 6) is -0.209. The molecular formula is C20H20FN3O2. The summed E-state index contributed by atoms with van der Waals surface area (Å²) < 4.78 is 13.4. The highest BCUT2D eigenvalue weighted by Gasteiger charge is 2.32. The molecule has 3 amide bonds. The largest absolute Gasteiger partial charge is 0.324 e. The number of halogens is 1. The lowest BCUT2D eigenvalue weighted by molar-refractivity contribution is -0.117. The third kappa shape index (κ3) is 3.27. The molecule has 5 nitrogen and oxygen atoms in total. The van der Waals surface area contributed by atoms with E-state index in [1.165, 1.54) is 49.4 Å². The predicted molar refractivity (Wildman–Crippen MR) is 97.6 cm³/mol. The van der Waals surface area contributed by atoms with E-state index in [1.54, 1.807) is 0 Å². The van der Waals surface area contributed by atoms with Crippen LogP contribution in [-0.2, 0) is 4.79 Å². The van der Waals surface area contributed by atoms with Crippen molar-refractivity contribution in [1.29, 1.82) is 0 Å². The van der Waals surface area contributed by atoms with Gasteiger partial charge in [0, 0.05) is 16.9 Å². The van der Waals surface area contributed by atoms with Crippen LogP contribution in [0.4, 0.5) is 20.6 Å². The lowest BCUT2D eigenvalue weighted by Gasteiger charge is -2.14. The molecule has 26 heavy (non-hydrogen) atoms. The number of carbonyl (C=O) groups excluding carboxylic acids is 2. The number of rotatable bonds is 3. The number of amides is 3. The number of hydrogen-bond donors (Lipinski definition) is 3. The van der Waals surface area contributed by atoms with Crippen molar-refractivity contribution < 1.29 is 14.0 Å². The number of nitrogens with one attached hydrogen (secondary N) is 3. The van der Waals surface area contributed by atoms with Crippen LogP contribution in [-0.4, -0.2) is 11.9 Å². The molecule has 1 aliphatic heterocycles. The van der Waals surface area contributed by atoms with E-state index in [2.05, 4.69) is 16.0 Å². The first-order valence-electron chi connectivity index (χ1n) is 8.88. The monoisotopic (exact) mass is 353 g/mol. The fourth-order valence-corrected chi connectivity index (χ4v) is 3.77. The Bertz CT molecular complexity index is 845. The minimum Gasteiger partial charge on any atom is -0.324 e. The van der Waals surface area contributed by atoms with Gasteiger partial charge in [0.2, 0.25) is 0 Å². The minimum atomic E-state index is -0.904. The molecule has 1 fully saturated rings. The van der Waals surface area contributed by atoms with Crippen LogP contribution in [0.15, 0.2) is 42.5 Å². The highest BCUT2D eigenvalue weighted by Crippen LogP contribution is 2.34. The molecule has 0 saturated heterocycles. The van der Waals surface area contributed by atoms with Gasteiger partial charge < -0.3 is 16.0 Å². The molecule has 2 aliphatic rings. The van der Waals surface area contributed by atoms with E-state index in [1.807, 2.05) is 24.3 Å². The molecule has 1 unspecified atom stereocenters.